The zero-order chi connectivity index (χ0) is 61.9. The van der Waals surface area contributed by atoms with Crippen molar-refractivity contribution in [3.8, 4) is 45.8 Å². The van der Waals surface area contributed by atoms with Crippen LogP contribution >= 0.6 is 11.3 Å². The number of benzene rings is 3. The summed E-state index contributed by atoms with van der Waals surface area (Å²) in [4.78, 5) is 70.9. The number of β-amino-alcohol motifs (C(OH)–C–C–N with tert-alkyl or cyclic N) is 1. The van der Waals surface area contributed by atoms with Crippen molar-refractivity contribution in [3.63, 3.8) is 0 Å². The number of piperidine rings is 1. The average molecular weight is 1220 g/mol. The molecule has 9 heterocycles. The number of piperazine rings is 1. The van der Waals surface area contributed by atoms with Crippen LogP contribution in [0.15, 0.2) is 70.8 Å². The van der Waals surface area contributed by atoms with Gasteiger partial charge in [0.15, 0.2) is 17.4 Å². The Balaban J connectivity index is 0.661. The Bertz CT molecular complexity index is 3800. The third-order valence-corrected chi connectivity index (χ3v) is 18.6. The van der Waals surface area contributed by atoms with Crippen molar-refractivity contribution < 1.29 is 52.1 Å². The number of phenolic OH excluding ortho intramolecular Hbond substituents is 1. The Hall–Kier alpha value is -8.04. The van der Waals surface area contributed by atoms with Crippen molar-refractivity contribution in [3.05, 3.63) is 101 Å². The number of nitrogens with zero attached hydrogens (tertiary/aromatic N) is 10. The molecular formula is C65H73F2N11O9S. The summed E-state index contributed by atoms with van der Waals surface area (Å²) in [6, 6.07) is 13.6. The van der Waals surface area contributed by atoms with E-state index in [1.807, 2.05) is 88.0 Å². The van der Waals surface area contributed by atoms with E-state index in [-0.39, 0.29) is 113 Å². The fourth-order valence-electron chi connectivity index (χ4n) is 13.2. The maximum Gasteiger partial charge on any atom is 0.410 e. The Morgan fingerprint density at radius 2 is 1.66 bits per heavy atom. The number of phenols is 1. The molecule has 0 saturated carbocycles. The van der Waals surface area contributed by atoms with Gasteiger partial charge >= 0.3 is 12.1 Å². The monoisotopic (exact) mass is 1220 g/mol. The van der Waals surface area contributed by atoms with Gasteiger partial charge in [-0.15, -0.1) is 17.8 Å². The molecule has 5 saturated heterocycles. The number of thiazole rings is 1. The number of carbonyl (C=O) groups is 3. The number of fused-ring (bicyclic) bond motifs is 4. The summed E-state index contributed by atoms with van der Waals surface area (Å²) in [5, 5.41) is 30.0. The number of aliphatic hydroxyl groups is 1. The minimum absolute atomic E-state index is 0.0308. The number of nitrogens with one attached hydrogen (secondary N) is 1. The molecule has 4 aromatic heterocycles. The molecule has 88 heavy (non-hydrogen) atoms. The number of aliphatic hydroxyl groups excluding tert-OH is 1. The van der Waals surface area contributed by atoms with E-state index in [0.29, 0.717) is 60.9 Å². The lowest BCUT2D eigenvalue weighted by Gasteiger charge is -2.42. The second-order valence-electron chi connectivity index (χ2n) is 25.2. The molecule has 4 unspecified atom stereocenters. The molecule has 462 valence electrons. The summed E-state index contributed by atoms with van der Waals surface area (Å²) in [5.74, 6) is 0.511. The number of pyridine rings is 1. The number of aromatic hydroxyl groups is 1. The van der Waals surface area contributed by atoms with Gasteiger partial charge in [-0.3, -0.25) is 24.4 Å². The molecule has 0 aliphatic carbocycles. The van der Waals surface area contributed by atoms with Gasteiger partial charge in [0.1, 0.15) is 52.8 Å². The van der Waals surface area contributed by atoms with Gasteiger partial charge in [0.25, 0.3) is 0 Å². The fourth-order valence-corrected chi connectivity index (χ4v) is 14.0. The number of likely N-dealkylation sites (tertiary alicyclic amines) is 2. The van der Waals surface area contributed by atoms with Gasteiger partial charge in [-0.1, -0.05) is 55.3 Å². The molecule has 23 heteroatoms. The van der Waals surface area contributed by atoms with Crippen molar-refractivity contribution in [2.75, 3.05) is 68.8 Å². The van der Waals surface area contributed by atoms with Gasteiger partial charge in [0.2, 0.25) is 11.8 Å². The first kappa shape index (κ1) is 60.3. The fraction of sp³-hybridized carbons (Fsp3) is 0.477. The topological polar surface area (TPSA) is 225 Å². The van der Waals surface area contributed by atoms with E-state index in [9.17, 15) is 24.6 Å². The summed E-state index contributed by atoms with van der Waals surface area (Å²) in [5.41, 5.74) is 3.80. The first-order valence-electron chi connectivity index (χ1n) is 30.2. The third-order valence-electron chi connectivity index (χ3n) is 17.6. The number of terminal acetylenes is 1. The maximum absolute atomic E-state index is 17.3. The quantitative estimate of drug-likeness (QED) is 0.0767. The van der Waals surface area contributed by atoms with Gasteiger partial charge in [0.05, 0.1) is 63.5 Å². The number of ether oxygens (including phenoxy) is 3. The van der Waals surface area contributed by atoms with E-state index in [0.717, 1.165) is 60.5 Å². The van der Waals surface area contributed by atoms with Crippen molar-refractivity contribution in [1.82, 2.24) is 45.1 Å². The summed E-state index contributed by atoms with van der Waals surface area (Å²) in [6.45, 7) is 17.5. The number of aromatic nitrogens is 5. The largest absolute Gasteiger partial charge is 0.508 e. The molecule has 3 aromatic carbocycles. The summed E-state index contributed by atoms with van der Waals surface area (Å²) >= 11 is 1.58. The molecule has 5 aliphatic heterocycles. The predicted molar refractivity (Wildman–Crippen MR) is 328 cm³/mol. The van der Waals surface area contributed by atoms with Crippen LogP contribution in [0.2, 0.25) is 0 Å². The predicted octanol–water partition coefficient (Wildman–Crippen LogP) is 9.15. The van der Waals surface area contributed by atoms with Crippen LogP contribution in [0.1, 0.15) is 108 Å². The van der Waals surface area contributed by atoms with Crippen molar-refractivity contribution in [2.45, 2.75) is 135 Å². The van der Waals surface area contributed by atoms with Crippen LogP contribution in [-0.2, 0) is 19.1 Å². The van der Waals surface area contributed by atoms with Gasteiger partial charge in [-0.2, -0.15) is 9.97 Å². The highest BCUT2D eigenvalue weighted by Crippen LogP contribution is 2.42. The van der Waals surface area contributed by atoms with Gasteiger partial charge in [0, 0.05) is 82.0 Å². The molecule has 20 nitrogen and oxygen atoms in total. The van der Waals surface area contributed by atoms with Crippen LogP contribution in [-0.4, -0.2) is 169 Å². The SMILES string of the molecule is C#Cc1c(F)ccc2cc(O)cc(-c3ncc4c(N5CC6CCC(C5)N6C(=O)OC(C)(C)C)nc(OCCN5CCC(OC6CN(c7cc(C(C(=O)N8C[C@H](O)C[C@H]8C(=O)NC(C)c8ccc(-c9scnc9C)cc8)C(C)C)on7)C6)CC5)nc4c3F)c12. The standard InChI is InChI=1S/C65H73F2N11O9S/c1-9-47-50(66)17-14-40-24-43(79)25-48(55(40)47)57-56(67)58-49(28-68-57)60(76-29-41-15-16-42(30-76)78(41)64(83)86-65(6,7)8)72-63(71-58)84-23-22-74-20-18-45(19-21-74)85-46-32-75(33-46)53-27-52(87-73-53)54(35(2)3)62(82)77-31-44(80)26-51(77)61(81)70-36(4)38-10-12-39(13-11-38)59-37(5)69-34-88-59/h1,10-14,17,24-25,27-28,34-36,41-42,44-46,51,54,79-80H,15-16,18-23,26,29-33H2,2-8H3,(H,70,81)/t36?,41?,42?,44-,51+,54?/m1/s1. The summed E-state index contributed by atoms with van der Waals surface area (Å²) in [7, 11) is 0. The lowest BCUT2D eigenvalue weighted by Crippen LogP contribution is -2.57. The molecule has 5 aliphatic rings. The smallest absolute Gasteiger partial charge is 0.410 e. The normalized spacial score (nSPS) is 20.8. The van der Waals surface area contributed by atoms with Crippen LogP contribution in [0, 0.1) is 36.8 Å². The number of amides is 3. The van der Waals surface area contributed by atoms with Gasteiger partial charge < -0.3 is 49.0 Å². The minimum atomic E-state index is -0.856. The van der Waals surface area contributed by atoms with Crippen molar-refractivity contribution in [1.29, 1.82) is 0 Å². The highest BCUT2D eigenvalue weighted by Gasteiger charge is 2.47. The van der Waals surface area contributed by atoms with E-state index in [1.165, 1.54) is 35.4 Å². The Morgan fingerprint density at radius 1 is 0.920 bits per heavy atom. The second-order valence-corrected chi connectivity index (χ2v) is 26.1. The number of rotatable bonds is 16. The zero-order valence-electron chi connectivity index (χ0n) is 50.4. The Labute approximate surface area is 513 Å². The highest BCUT2D eigenvalue weighted by atomic mass is 32.1. The van der Waals surface area contributed by atoms with Gasteiger partial charge in [-0.05, 0) is 101 Å². The van der Waals surface area contributed by atoms with E-state index in [4.69, 9.17) is 30.1 Å². The lowest BCUT2D eigenvalue weighted by molar-refractivity contribution is -0.141. The van der Waals surface area contributed by atoms with Crippen LogP contribution in [0.25, 0.3) is 43.4 Å². The molecule has 3 N–H and O–H groups in total. The number of hydrogen-bond acceptors (Lipinski definition) is 18. The first-order valence-corrected chi connectivity index (χ1v) is 31.1. The van der Waals surface area contributed by atoms with E-state index in [2.05, 4.69) is 41.1 Å². The van der Waals surface area contributed by atoms with Crippen LogP contribution in [0.5, 0.6) is 11.8 Å². The third kappa shape index (κ3) is 12.1. The molecule has 5 fully saturated rings. The second kappa shape index (κ2) is 24.5. The molecule has 3 amide bonds. The average Bonchev–Trinajstić information content (AvgIpc) is 1.29. The van der Waals surface area contributed by atoms with E-state index >= 15 is 8.78 Å². The maximum atomic E-state index is 17.3. The molecule has 6 atom stereocenters. The number of halogens is 2. The Kier molecular flexibility index (Phi) is 16.8. The number of aryl methyl sites for hydroxylation is 1. The van der Waals surface area contributed by atoms with Crippen molar-refractivity contribution in [2.24, 2.45) is 5.92 Å². The molecule has 0 radical (unpaired) electrons. The zero-order valence-corrected chi connectivity index (χ0v) is 51.2. The first-order chi connectivity index (χ1) is 42.2. The number of anilines is 2. The molecular weight excluding hydrogens is 1150 g/mol. The van der Waals surface area contributed by atoms with Crippen LogP contribution in [0.4, 0.5) is 25.2 Å². The number of carbonyl (C=O) groups excluding carboxylic acids is 3. The van der Waals surface area contributed by atoms with Crippen LogP contribution < -0.4 is 19.9 Å². The minimum Gasteiger partial charge on any atom is -0.508 e. The van der Waals surface area contributed by atoms with E-state index < -0.39 is 35.3 Å². The molecule has 2 bridgehead atoms. The lowest BCUT2D eigenvalue weighted by atomic mass is 9.91. The Morgan fingerprint density at radius 3 is 2.34 bits per heavy atom. The molecule has 0 spiro atoms. The van der Waals surface area contributed by atoms with Gasteiger partial charge in [-0.25, -0.2) is 18.6 Å². The number of hydrogen-bond donors (Lipinski definition) is 3. The molecule has 7 aromatic rings. The highest BCUT2D eigenvalue weighted by molar-refractivity contribution is 7.13. The van der Waals surface area contributed by atoms with Crippen LogP contribution in [0.3, 0.4) is 0 Å². The summed E-state index contributed by atoms with van der Waals surface area (Å²) in [6.07, 6.45) is 9.24. The summed E-state index contributed by atoms with van der Waals surface area (Å²) < 4.78 is 57.1. The van der Waals surface area contributed by atoms with Crippen molar-refractivity contribution >= 4 is 62.6 Å². The molecule has 12 rings (SSSR count). The van der Waals surface area contributed by atoms with E-state index in [1.54, 1.807) is 17.4 Å².